The summed E-state index contributed by atoms with van der Waals surface area (Å²) in [5.74, 6) is 1.45. The summed E-state index contributed by atoms with van der Waals surface area (Å²) in [6.45, 7) is 5.32. The van der Waals surface area contributed by atoms with Gasteiger partial charge in [0.15, 0.2) is 11.5 Å². The van der Waals surface area contributed by atoms with Gasteiger partial charge in [-0.1, -0.05) is 18.2 Å². The van der Waals surface area contributed by atoms with Crippen LogP contribution in [0.15, 0.2) is 66.6 Å². The number of hydrogen-bond acceptors (Lipinski definition) is 6. The molecule has 4 aromatic rings. The normalized spacial score (nSPS) is 12.0. The summed E-state index contributed by atoms with van der Waals surface area (Å²) in [6, 6.07) is 14.7. The highest BCUT2D eigenvalue weighted by Crippen LogP contribution is 2.29. The van der Waals surface area contributed by atoms with Gasteiger partial charge < -0.3 is 19.4 Å². The van der Waals surface area contributed by atoms with E-state index in [-0.39, 0.29) is 6.04 Å². The number of thiazole rings is 1. The third-order valence-corrected chi connectivity index (χ3v) is 5.90. The Morgan fingerprint density at radius 1 is 1.13 bits per heavy atom. The van der Waals surface area contributed by atoms with Crippen molar-refractivity contribution >= 4 is 11.3 Å². The fourth-order valence-electron chi connectivity index (χ4n) is 3.30. The van der Waals surface area contributed by atoms with Crippen LogP contribution >= 0.6 is 11.3 Å². The maximum atomic E-state index is 5.91. The van der Waals surface area contributed by atoms with Crippen LogP contribution < -0.4 is 14.8 Å². The molecular weight excluding hydrogens is 408 g/mol. The predicted molar refractivity (Wildman–Crippen MR) is 123 cm³/mol. The second-order valence-corrected chi connectivity index (χ2v) is 8.36. The molecule has 0 saturated carbocycles. The molecule has 2 heterocycles. The average molecular weight is 435 g/mol. The lowest BCUT2D eigenvalue weighted by atomic mass is 10.1. The van der Waals surface area contributed by atoms with Crippen LogP contribution in [-0.2, 0) is 13.2 Å². The van der Waals surface area contributed by atoms with Crippen molar-refractivity contribution in [2.24, 2.45) is 0 Å². The number of methoxy groups -OCH3 is 1. The molecule has 1 atom stereocenters. The maximum absolute atomic E-state index is 5.91. The number of nitrogens with zero attached hydrogens (tertiary/aromatic N) is 3. The molecule has 0 aliphatic carbocycles. The Morgan fingerprint density at radius 2 is 1.97 bits per heavy atom. The Labute approximate surface area is 186 Å². The number of nitrogens with one attached hydrogen (secondary N) is 1. The fraction of sp³-hybridized carbons (Fsp3) is 0.250. The average Bonchev–Trinajstić information content (AvgIpc) is 3.48. The second-order valence-electron chi connectivity index (χ2n) is 7.30. The van der Waals surface area contributed by atoms with Gasteiger partial charge in [0.2, 0.25) is 0 Å². The molecule has 31 heavy (non-hydrogen) atoms. The van der Waals surface area contributed by atoms with E-state index in [4.69, 9.17) is 9.47 Å². The summed E-state index contributed by atoms with van der Waals surface area (Å²) in [5.41, 5.74) is 4.40. The lowest BCUT2D eigenvalue weighted by Gasteiger charge is -2.16. The molecule has 160 valence electrons. The van der Waals surface area contributed by atoms with E-state index in [1.165, 1.54) is 5.56 Å². The fourth-order valence-corrected chi connectivity index (χ4v) is 3.90. The summed E-state index contributed by atoms with van der Waals surface area (Å²) < 4.78 is 13.4. The molecule has 7 heteroatoms. The molecule has 0 spiro atoms. The van der Waals surface area contributed by atoms with Crippen molar-refractivity contribution in [3.05, 3.63) is 88.4 Å². The van der Waals surface area contributed by atoms with Crippen molar-refractivity contribution in [3.63, 3.8) is 0 Å². The summed E-state index contributed by atoms with van der Waals surface area (Å²) in [6.07, 6.45) is 5.52. The molecule has 2 aromatic carbocycles. The molecule has 0 bridgehead atoms. The first-order valence-electron chi connectivity index (χ1n) is 10.1. The first-order valence-corrected chi connectivity index (χ1v) is 11.0. The maximum Gasteiger partial charge on any atom is 0.161 e. The minimum absolute atomic E-state index is 0.215. The number of aromatic nitrogens is 3. The van der Waals surface area contributed by atoms with Crippen molar-refractivity contribution in [1.82, 2.24) is 19.9 Å². The zero-order chi connectivity index (χ0) is 21.6. The molecule has 0 aliphatic heterocycles. The van der Waals surface area contributed by atoms with E-state index in [0.717, 1.165) is 40.0 Å². The summed E-state index contributed by atoms with van der Waals surface area (Å²) in [4.78, 5) is 8.53. The largest absolute Gasteiger partial charge is 0.493 e. The van der Waals surface area contributed by atoms with Crippen LogP contribution in [0.1, 0.15) is 34.8 Å². The molecule has 0 aliphatic rings. The molecule has 0 saturated heterocycles. The van der Waals surface area contributed by atoms with Gasteiger partial charge in [0, 0.05) is 36.0 Å². The monoisotopic (exact) mass is 434 g/mol. The van der Waals surface area contributed by atoms with Gasteiger partial charge in [-0.15, -0.1) is 11.3 Å². The Bertz CT molecular complexity index is 1110. The first-order chi connectivity index (χ1) is 15.1. The highest BCUT2D eigenvalue weighted by Gasteiger charge is 2.10. The number of hydrogen-bond donors (Lipinski definition) is 1. The number of imidazole rings is 1. The van der Waals surface area contributed by atoms with Crippen LogP contribution in [0.3, 0.4) is 0 Å². The number of ether oxygens (including phenoxy) is 2. The van der Waals surface area contributed by atoms with Crippen LogP contribution in [0, 0.1) is 6.92 Å². The van der Waals surface area contributed by atoms with Crippen molar-refractivity contribution in [1.29, 1.82) is 0 Å². The number of benzene rings is 2. The standard InChI is InChI=1S/C24H26N4O2S/c1-17(20-5-7-22(8-6-20)28-11-10-25-16-28)26-13-19-4-9-23(24(12-19)29-3)30-14-21-15-31-18(2)27-21/h4-12,15-17,26H,13-14H2,1-3H3/t17-/m1/s1. The van der Waals surface area contributed by atoms with Crippen molar-refractivity contribution < 1.29 is 9.47 Å². The smallest absolute Gasteiger partial charge is 0.161 e. The van der Waals surface area contributed by atoms with Crippen LogP contribution in [0.25, 0.3) is 5.69 Å². The van der Waals surface area contributed by atoms with Crippen LogP contribution in [0.2, 0.25) is 0 Å². The van der Waals surface area contributed by atoms with Crippen molar-refractivity contribution in [2.75, 3.05) is 7.11 Å². The van der Waals surface area contributed by atoms with Gasteiger partial charge >= 0.3 is 0 Å². The zero-order valence-electron chi connectivity index (χ0n) is 17.9. The van der Waals surface area contributed by atoms with Crippen molar-refractivity contribution in [2.45, 2.75) is 33.0 Å². The van der Waals surface area contributed by atoms with Crippen LogP contribution in [-0.4, -0.2) is 21.6 Å². The lowest BCUT2D eigenvalue weighted by molar-refractivity contribution is 0.281. The SMILES string of the molecule is COc1cc(CN[C@H](C)c2ccc(-n3ccnc3)cc2)ccc1OCc1csc(C)n1. The van der Waals surface area contributed by atoms with E-state index in [9.17, 15) is 0 Å². The number of aryl methyl sites for hydroxylation is 1. The van der Waals surface area contributed by atoms with E-state index in [0.29, 0.717) is 6.61 Å². The number of rotatable bonds is 9. The zero-order valence-corrected chi connectivity index (χ0v) is 18.7. The summed E-state index contributed by atoms with van der Waals surface area (Å²) in [5, 5.41) is 6.63. The molecule has 2 aromatic heterocycles. The minimum atomic E-state index is 0.215. The third-order valence-electron chi connectivity index (χ3n) is 5.08. The van der Waals surface area contributed by atoms with Gasteiger partial charge in [-0.2, -0.15) is 0 Å². The van der Waals surface area contributed by atoms with E-state index < -0.39 is 0 Å². The minimum Gasteiger partial charge on any atom is -0.493 e. The summed E-state index contributed by atoms with van der Waals surface area (Å²) in [7, 11) is 1.66. The molecular formula is C24H26N4O2S. The Kier molecular flexibility index (Phi) is 6.64. The van der Waals surface area contributed by atoms with Gasteiger partial charge in [-0.05, 0) is 49.2 Å². The third kappa shape index (κ3) is 5.31. The second kappa shape index (κ2) is 9.76. The van der Waals surface area contributed by atoms with Crippen LogP contribution in [0.5, 0.6) is 11.5 Å². The molecule has 1 N–H and O–H groups in total. The van der Waals surface area contributed by atoms with Crippen molar-refractivity contribution in [3.8, 4) is 17.2 Å². The molecule has 4 rings (SSSR count). The predicted octanol–water partition coefficient (Wildman–Crippen LogP) is 5.08. The highest BCUT2D eigenvalue weighted by atomic mass is 32.1. The Balaban J connectivity index is 1.35. The van der Waals surface area contributed by atoms with Gasteiger partial charge in [-0.3, -0.25) is 0 Å². The molecule has 0 radical (unpaired) electrons. The van der Waals surface area contributed by atoms with Gasteiger partial charge in [0.1, 0.15) is 6.61 Å². The first kappa shape index (κ1) is 21.1. The van der Waals surface area contributed by atoms with E-state index in [1.807, 2.05) is 35.2 Å². The summed E-state index contributed by atoms with van der Waals surface area (Å²) >= 11 is 1.62. The van der Waals surface area contributed by atoms with Crippen LogP contribution in [0.4, 0.5) is 0 Å². The van der Waals surface area contributed by atoms with Gasteiger partial charge in [-0.25, -0.2) is 9.97 Å². The lowest BCUT2D eigenvalue weighted by Crippen LogP contribution is -2.18. The van der Waals surface area contributed by atoms with E-state index >= 15 is 0 Å². The topological polar surface area (TPSA) is 61.2 Å². The van der Waals surface area contributed by atoms with Gasteiger partial charge in [0.25, 0.3) is 0 Å². The highest BCUT2D eigenvalue weighted by molar-refractivity contribution is 7.09. The quantitative estimate of drug-likeness (QED) is 0.398. The molecule has 0 amide bonds. The van der Waals surface area contributed by atoms with Gasteiger partial charge in [0.05, 0.1) is 24.1 Å². The molecule has 0 fully saturated rings. The Morgan fingerprint density at radius 3 is 2.65 bits per heavy atom. The molecule has 0 unspecified atom stereocenters. The molecule has 6 nitrogen and oxygen atoms in total. The Hall–Kier alpha value is -3.16. The van der Waals surface area contributed by atoms with E-state index in [1.54, 1.807) is 31.0 Å². The van der Waals surface area contributed by atoms with E-state index in [2.05, 4.69) is 52.5 Å².